The molecular weight excluding hydrogens is 224 g/mol. The van der Waals surface area contributed by atoms with Gasteiger partial charge >= 0.3 is 0 Å². The molecule has 0 radical (unpaired) electrons. The molecule has 0 atom stereocenters. The number of hydrogen-bond donors (Lipinski definition) is 0. The number of hydrogen-bond acceptors (Lipinski definition) is 4. The van der Waals surface area contributed by atoms with E-state index in [1.165, 1.54) is 11.3 Å². The Balaban J connectivity index is 1.99. The molecule has 82 valence electrons. The van der Waals surface area contributed by atoms with Crippen molar-refractivity contribution in [1.29, 1.82) is 0 Å². The molecule has 2 aromatic rings. The van der Waals surface area contributed by atoms with Crippen LogP contribution in [0.4, 0.5) is 0 Å². The van der Waals surface area contributed by atoms with E-state index in [0.29, 0.717) is 23.9 Å². The molecule has 0 aliphatic heterocycles. The zero-order valence-corrected chi connectivity index (χ0v) is 9.28. The molecule has 16 heavy (non-hydrogen) atoms. The lowest BCUT2D eigenvalue weighted by molar-refractivity contribution is -0.120. The van der Waals surface area contributed by atoms with Crippen molar-refractivity contribution < 1.29 is 14.3 Å². The van der Waals surface area contributed by atoms with Gasteiger partial charge in [-0.1, -0.05) is 30.3 Å². The van der Waals surface area contributed by atoms with Crippen LogP contribution < -0.4 is 9.47 Å². The first-order chi connectivity index (χ1) is 7.90. The van der Waals surface area contributed by atoms with Crippen LogP contribution in [0.2, 0.25) is 0 Å². The molecule has 0 saturated carbocycles. The molecular formula is C12H10O3S. The lowest BCUT2D eigenvalue weighted by Crippen LogP contribution is -1.96. The predicted octanol–water partition coefficient (Wildman–Crippen LogP) is 2.86. The predicted molar refractivity (Wildman–Crippen MR) is 61.8 cm³/mol. The molecule has 2 rings (SSSR count). The largest absolute Gasteiger partial charge is 0.484 e. The molecule has 1 heterocycles. The summed E-state index contributed by atoms with van der Waals surface area (Å²) in [6.07, 6.45) is 0. The van der Waals surface area contributed by atoms with Gasteiger partial charge in [0.2, 0.25) is 5.06 Å². The van der Waals surface area contributed by atoms with E-state index >= 15 is 0 Å². The number of thiophene rings is 1. The molecule has 0 amide bonds. The second-order valence-electron chi connectivity index (χ2n) is 3.06. The molecule has 1 aromatic heterocycles. The third kappa shape index (κ3) is 2.61. The second kappa shape index (κ2) is 5.32. The molecule has 0 fully saturated rings. The van der Waals surface area contributed by atoms with Crippen LogP contribution in [0.1, 0.15) is 5.56 Å². The minimum absolute atomic E-state index is 0.404. The van der Waals surface area contributed by atoms with E-state index in [0.717, 1.165) is 5.56 Å². The number of carbonyl (C=O) groups is 1. The van der Waals surface area contributed by atoms with E-state index in [1.807, 2.05) is 35.7 Å². The summed E-state index contributed by atoms with van der Waals surface area (Å²) in [5.74, 6) is 0.598. The van der Waals surface area contributed by atoms with Crippen molar-refractivity contribution in [3.05, 3.63) is 47.3 Å². The summed E-state index contributed by atoms with van der Waals surface area (Å²) in [5.41, 5.74) is 1.07. The Morgan fingerprint density at radius 1 is 1.19 bits per heavy atom. The first-order valence-corrected chi connectivity index (χ1v) is 5.62. The van der Waals surface area contributed by atoms with E-state index < -0.39 is 0 Å². The van der Waals surface area contributed by atoms with Crippen molar-refractivity contribution in [3.8, 4) is 10.8 Å². The molecule has 0 aliphatic carbocycles. The van der Waals surface area contributed by atoms with Gasteiger partial charge in [0.25, 0.3) is 6.47 Å². The SMILES string of the molecule is O=COc1sccc1OCc1ccccc1. The van der Waals surface area contributed by atoms with E-state index in [-0.39, 0.29) is 0 Å². The van der Waals surface area contributed by atoms with Crippen LogP contribution >= 0.6 is 11.3 Å². The maximum absolute atomic E-state index is 10.2. The van der Waals surface area contributed by atoms with Crippen molar-refractivity contribution in [2.45, 2.75) is 6.61 Å². The number of benzene rings is 1. The molecule has 3 nitrogen and oxygen atoms in total. The van der Waals surface area contributed by atoms with Crippen LogP contribution in [0.5, 0.6) is 10.8 Å². The van der Waals surface area contributed by atoms with E-state index in [2.05, 4.69) is 0 Å². The summed E-state index contributed by atoms with van der Waals surface area (Å²) in [5, 5.41) is 2.31. The molecule has 0 bridgehead atoms. The highest BCUT2D eigenvalue weighted by molar-refractivity contribution is 7.12. The first kappa shape index (κ1) is 10.7. The van der Waals surface area contributed by atoms with Crippen molar-refractivity contribution in [3.63, 3.8) is 0 Å². The molecule has 0 spiro atoms. The van der Waals surface area contributed by atoms with E-state index in [4.69, 9.17) is 9.47 Å². The standard InChI is InChI=1S/C12H10O3S/c13-9-15-12-11(6-7-16-12)14-8-10-4-2-1-3-5-10/h1-7,9H,8H2. The Hall–Kier alpha value is -1.81. The quantitative estimate of drug-likeness (QED) is 0.746. The Morgan fingerprint density at radius 3 is 2.75 bits per heavy atom. The van der Waals surface area contributed by atoms with Crippen molar-refractivity contribution in [1.82, 2.24) is 0 Å². The van der Waals surface area contributed by atoms with E-state index in [1.54, 1.807) is 6.07 Å². The van der Waals surface area contributed by atoms with Gasteiger partial charge in [-0.25, -0.2) is 0 Å². The summed E-state index contributed by atoms with van der Waals surface area (Å²) >= 11 is 1.33. The highest BCUT2D eigenvalue weighted by Crippen LogP contribution is 2.33. The average Bonchev–Trinajstić information content (AvgIpc) is 2.76. The highest BCUT2D eigenvalue weighted by Gasteiger charge is 2.06. The molecule has 0 aliphatic rings. The lowest BCUT2D eigenvalue weighted by Gasteiger charge is -2.05. The number of ether oxygens (including phenoxy) is 2. The zero-order valence-electron chi connectivity index (χ0n) is 8.46. The summed E-state index contributed by atoms with van der Waals surface area (Å²) in [4.78, 5) is 10.2. The minimum Gasteiger partial charge on any atom is -0.484 e. The molecule has 0 N–H and O–H groups in total. The third-order valence-corrected chi connectivity index (χ3v) is 2.77. The number of rotatable bonds is 5. The van der Waals surface area contributed by atoms with Crippen molar-refractivity contribution in [2.75, 3.05) is 0 Å². The van der Waals surface area contributed by atoms with Gasteiger partial charge in [-0.2, -0.15) is 0 Å². The van der Waals surface area contributed by atoms with Gasteiger partial charge in [-0.3, -0.25) is 4.79 Å². The lowest BCUT2D eigenvalue weighted by atomic mass is 10.2. The summed E-state index contributed by atoms with van der Waals surface area (Å²) in [7, 11) is 0. The van der Waals surface area contributed by atoms with Crippen LogP contribution in [-0.4, -0.2) is 6.47 Å². The Kier molecular flexibility index (Phi) is 3.56. The Labute approximate surface area is 97.2 Å². The fourth-order valence-corrected chi connectivity index (χ4v) is 1.91. The maximum atomic E-state index is 10.2. The van der Waals surface area contributed by atoms with Gasteiger partial charge < -0.3 is 9.47 Å². The monoisotopic (exact) mass is 234 g/mol. The van der Waals surface area contributed by atoms with Crippen LogP contribution in [0.3, 0.4) is 0 Å². The Bertz CT molecular complexity index is 450. The number of carbonyl (C=O) groups excluding carboxylic acids is 1. The van der Waals surface area contributed by atoms with Gasteiger partial charge in [0, 0.05) is 0 Å². The van der Waals surface area contributed by atoms with Crippen LogP contribution in [0, 0.1) is 0 Å². The fraction of sp³-hybridized carbons (Fsp3) is 0.0833. The van der Waals surface area contributed by atoms with Crippen LogP contribution in [0.15, 0.2) is 41.8 Å². The second-order valence-corrected chi connectivity index (χ2v) is 3.94. The van der Waals surface area contributed by atoms with Crippen LogP contribution in [-0.2, 0) is 11.4 Å². The van der Waals surface area contributed by atoms with Gasteiger partial charge in [-0.15, -0.1) is 11.3 Å². The summed E-state index contributed by atoms with van der Waals surface area (Å²) in [6, 6.07) is 11.6. The summed E-state index contributed by atoms with van der Waals surface area (Å²) < 4.78 is 10.3. The fourth-order valence-electron chi connectivity index (χ4n) is 1.26. The van der Waals surface area contributed by atoms with Crippen LogP contribution in [0.25, 0.3) is 0 Å². The molecule has 4 heteroatoms. The molecule has 0 unspecified atom stereocenters. The minimum atomic E-state index is 0.404. The van der Waals surface area contributed by atoms with Gasteiger partial charge in [-0.05, 0) is 17.0 Å². The van der Waals surface area contributed by atoms with Gasteiger partial charge in [0.15, 0.2) is 5.75 Å². The smallest absolute Gasteiger partial charge is 0.299 e. The van der Waals surface area contributed by atoms with Gasteiger partial charge in [0.05, 0.1) is 0 Å². The topological polar surface area (TPSA) is 35.5 Å². The molecule has 0 saturated heterocycles. The Morgan fingerprint density at radius 2 is 2.00 bits per heavy atom. The highest BCUT2D eigenvalue weighted by atomic mass is 32.1. The maximum Gasteiger partial charge on any atom is 0.299 e. The summed E-state index contributed by atoms with van der Waals surface area (Å²) in [6.45, 7) is 0.869. The molecule has 1 aromatic carbocycles. The van der Waals surface area contributed by atoms with Gasteiger partial charge in [0.1, 0.15) is 6.61 Å². The van der Waals surface area contributed by atoms with Crippen molar-refractivity contribution >= 4 is 17.8 Å². The normalized spacial score (nSPS) is 9.75. The third-order valence-electron chi connectivity index (χ3n) is 1.99. The van der Waals surface area contributed by atoms with Crippen molar-refractivity contribution in [2.24, 2.45) is 0 Å². The zero-order chi connectivity index (χ0) is 11.2. The average molecular weight is 234 g/mol. The van der Waals surface area contributed by atoms with E-state index in [9.17, 15) is 4.79 Å². The first-order valence-electron chi connectivity index (χ1n) is 4.74.